The SMILES string of the molecule is CCCNC(C1CSCCS1)C1CC(C)(C)OC1(C)C. The van der Waals surface area contributed by atoms with Gasteiger partial charge in [0.15, 0.2) is 0 Å². The van der Waals surface area contributed by atoms with Crippen molar-refractivity contribution in [2.24, 2.45) is 5.92 Å². The van der Waals surface area contributed by atoms with Gasteiger partial charge in [0, 0.05) is 34.5 Å². The van der Waals surface area contributed by atoms with E-state index >= 15 is 0 Å². The molecule has 4 heteroatoms. The van der Waals surface area contributed by atoms with Gasteiger partial charge in [-0.05, 0) is 47.1 Å². The molecule has 0 aromatic heterocycles. The number of hydrogen-bond donors (Lipinski definition) is 1. The third-order valence-electron chi connectivity index (χ3n) is 4.45. The predicted molar refractivity (Wildman–Crippen MR) is 93.0 cm³/mol. The van der Waals surface area contributed by atoms with Gasteiger partial charge in [-0.25, -0.2) is 0 Å². The quantitative estimate of drug-likeness (QED) is 0.832. The first-order valence-corrected chi connectivity index (χ1v) is 10.2. The Hall–Kier alpha value is 0.620. The highest BCUT2D eigenvalue weighted by atomic mass is 32.2. The summed E-state index contributed by atoms with van der Waals surface area (Å²) in [5, 5.41) is 4.60. The second kappa shape index (κ2) is 6.80. The molecule has 2 aliphatic heterocycles. The summed E-state index contributed by atoms with van der Waals surface area (Å²) in [6.45, 7) is 12.4. The summed E-state index contributed by atoms with van der Waals surface area (Å²) >= 11 is 4.29. The second-order valence-corrected chi connectivity index (χ2v) is 9.74. The fourth-order valence-electron chi connectivity index (χ4n) is 3.72. The summed E-state index contributed by atoms with van der Waals surface area (Å²) in [6.07, 6.45) is 2.38. The molecular weight excluding hydrogens is 286 g/mol. The average Bonchev–Trinajstić information content (AvgIpc) is 2.59. The van der Waals surface area contributed by atoms with Crippen molar-refractivity contribution in [1.82, 2.24) is 5.32 Å². The number of thioether (sulfide) groups is 2. The van der Waals surface area contributed by atoms with E-state index in [2.05, 4.69) is 63.5 Å². The van der Waals surface area contributed by atoms with Gasteiger partial charge in [-0.15, -0.1) is 0 Å². The molecule has 0 saturated carbocycles. The molecular formula is C16H31NOS2. The molecule has 2 fully saturated rings. The van der Waals surface area contributed by atoms with E-state index in [9.17, 15) is 0 Å². The van der Waals surface area contributed by atoms with Gasteiger partial charge in [-0.2, -0.15) is 23.5 Å². The first-order valence-electron chi connectivity index (χ1n) is 7.98. The van der Waals surface area contributed by atoms with Crippen LogP contribution in [0.2, 0.25) is 0 Å². The minimum absolute atomic E-state index is 0.0163. The number of ether oxygens (including phenoxy) is 1. The van der Waals surface area contributed by atoms with Crippen molar-refractivity contribution in [3.63, 3.8) is 0 Å². The lowest BCUT2D eigenvalue weighted by atomic mass is 9.80. The molecule has 3 unspecified atom stereocenters. The minimum atomic E-state index is -0.0163. The number of nitrogens with one attached hydrogen (secondary N) is 1. The molecule has 1 N–H and O–H groups in total. The second-order valence-electron chi connectivity index (χ2n) is 7.24. The Balaban J connectivity index is 2.12. The van der Waals surface area contributed by atoms with Gasteiger partial charge < -0.3 is 10.1 Å². The van der Waals surface area contributed by atoms with Crippen molar-refractivity contribution in [1.29, 1.82) is 0 Å². The molecule has 2 aliphatic rings. The average molecular weight is 318 g/mol. The van der Waals surface area contributed by atoms with E-state index in [1.165, 1.54) is 30.1 Å². The highest BCUT2D eigenvalue weighted by Gasteiger charge is 2.50. The van der Waals surface area contributed by atoms with Crippen LogP contribution in [0.1, 0.15) is 47.5 Å². The van der Waals surface area contributed by atoms with Crippen molar-refractivity contribution < 1.29 is 4.74 Å². The largest absolute Gasteiger partial charge is 0.369 e. The highest BCUT2D eigenvalue weighted by molar-refractivity contribution is 8.06. The van der Waals surface area contributed by atoms with Crippen LogP contribution in [0.4, 0.5) is 0 Å². The van der Waals surface area contributed by atoms with E-state index < -0.39 is 0 Å². The predicted octanol–water partition coefficient (Wildman–Crippen LogP) is 3.80. The third kappa shape index (κ3) is 4.08. The Kier molecular flexibility index (Phi) is 5.78. The van der Waals surface area contributed by atoms with Crippen LogP contribution in [0.15, 0.2) is 0 Å². The lowest BCUT2D eigenvalue weighted by Gasteiger charge is -2.39. The molecule has 0 spiro atoms. The maximum absolute atomic E-state index is 6.34. The maximum atomic E-state index is 6.34. The summed E-state index contributed by atoms with van der Waals surface area (Å²) in [7, 11) is 0. The first-order chi connectivity index (χ1) is 9.36. The summed E-state index contributed by atoms with van der Waals surface area (Å²) < 4.78 is 6.34. The molecule has 20 heavy (non-hydrogen) atoms. The molecule has 0 aromatic rings. The molecule has 0 radical (unpaired) electrons. The maximum Gasteiger partial charge on any atom is 0.0678 e. The van der Waals surface area contributed by atoms with E-state index in [0.29, 0.717) is 12.0 Å². The van der Waals surface area contributed by atoms with Gasteiger partial charge in [0.2, 0.25) is 0 Å². The molecule has 118 valence electrons. The van der Waals surface area contributed by atoms with Crippen LogP contribution < -0.4 is 5.32 Å². The van der Waals surface area contributed by atoms with E-state index in [0.717, 1.165) is 11.8 Å². The standard InChI is InChI=1S/C16H31NOS2/c1-6-7-17-14(13-11-19-8-9-20-13)12-10-15(2,3)18-16(12,4)5/h12-14,17H,6-11H2,1-5H3. The first kappa shape index (κ1) is 17.0. The van der Waals surface area contributed by atoms with Crippen molar-refractivity contribution in [2.75, 3.05) is 23.8 Å². The van der Waals surface area contributed by atoms with Crippen molar-refractivity contribution in [2.45, 2.75) is 70.0 Å². The summed E-state index contributed by atoms with van der Waals surface area (Å²) in [5.74, 6) is 4.52. The van der Waals surface area contributed by atoms with Crippen LogP contribution in [-0.4, -0.2) is 46.3 Å². The van der Waals surface area contributed by atoms with Crippen molar-refractivity contribution >= 4 is 23.5 Å². The van der Waals surface area contributed by atoms with Crippen LogP contribution in [0.3, 0.4) is 0 Å². The van der Waals surface area contributed by atoms with Gasteiger partial charge in [0.1, 0.15) is 0 Å². The Bertz CT molecular complexity index is 314. The zero-order valence-corrected chi connectivity index (χ0v) is 15.3. The number of hydrogen-bond acceptors (Lipinski definition) is 4. The van der Waals surface area contributed by atoms with E-state index in [1.54, 1.807) is 0 Å². The highest BCUT2D eigenvalue weighted by Crippen LogP contribution is 2.46. The molecule has 0 aromatic carbocycles. The van der Waals surface area contributed by atoms with E-state index in [4.69, 9.17) is 4.74 Å². The summed E-state index contributed by atoms with van der Waals surface area (Å²) in [5.41, 5.74) is 0.00433. The lowest BCUT2D eigenvalue weighted by molar-refractivity contribution is -0.0775. The van der Waals surface area contributed by atoms with Gasteiger partial charge >= 0.3 is 0 Å². The van der Waals surface area contributed by atoms with Crippen LogP contribution in [0.25, 0.3) is 0 Å². The summed E-state index contributed by atoms with van der Waals surface area (Å²) in [4.78, 5) is 0. The number of rotatable bonds is 5. The van der Waals surface area contributed by atoms with E-state index in [-0.39, 0.29) is 11.2 Å². The lowest BCUT2D eigenvalue weighted by Crippen LogP contribution is -2.51. The zero-order valence-electron chi connectivity index (χ0n) is 13.7. The molecule has 0 aliphatic carbocycles. The molecule has 2 saturated heterocycles. The molecule has 2 heterocycles. The normalized spacial score (nSPS) is 34.0. The molecule has 2 nitrogen and oxygen atoms in total. The smallest absolute Gasteiger partial charge is 0.0678 e. The van der Waals surface area contributed by atoms with Gasteiger partial charge in [0.05, 0.1) is 11.2 Å². The fourth-order valence-corrected chi connectivity index (χ4v) is 6.65. The van der Waals surface area contributed by atoms with Crippen LogP contribution >= 0.6 is 23.5 Å². The Labute approximate surface area is 133 Å². The fraction of sp³-hybridized carbons (Fsp3) is 1.00. The minimum Gasteiger partial charge on any atom is -0.369 e. The molecule has 2 rings (SSSR count). The third-order valence-corrected chi connectivity index (χ3v) is 7.33. The Morgan fingerprint density at radius 2 is 2.00 bits per heavy atom. The Morgan fingerprint density at radius 3 is 2.50 bits per heavy atom. The van der Waals surface area contributed by atoms with Crippen LogP contribution in [0.5, 0.6) is 0 Å². The topological polar surface area (TPSA) is 21.3 Å². The van der Waals surface area contributed by atoms with Gasteiger partial charge in [-0.3, -0.25) is 0 Å². The zero-order chi connectivity index (χ0) is 14.8. The van der Waals surface area contributed by atoms with Crippen LogP contribution in [-0.2, 0) is 4.74 Å². The van der Waals surface area contributed by atoms with Crippen LogP contribution in [0, 0.1) is 5.92 Å². The monoisotopic (exact) mass is 317 g/mol. The van der Waals surface area contributed by atoms with Gasteiger partial charge in [0.25, 0.3) is 0 Å². The van der Waals surface area contributed by atoms with E-state index in [1.807, 2.05) is 0 Å². The molecule has 0 amide bonds. The van der Waals surface area contributed by atoms with Crippen molar-refractivity contribution in [3.8, 4) is 0 Å². The Morgan fingerprint density at radius 1 is 1.25 bits per heavy atom. The molecule has 3 atom stereocenters. The summed E-state index contributed by atoms with van der Waals surface area (Å²) in [6, 6.07) is 0.588. The van der Waals surface area contributed by atoms with Gasteiger partial charge in [-0.1, -0.05) is 6.92 Å². The van der Waals surface area contributed by atoms with Crippen molar-refractivity contribution in [3.05, 3.63) is 0 Å². The molecule has 0 bridgehead atoms.